The minimum absolute atomic E-state index is 0.165. The molecule has 0 saturated heterocycles. The second-order valence-electron chi connectivity index (χ2n) is 5.29. The first-order valence-electron chi connectivity index (χ1n) is 8.04. The molecule has 2 aromatic heterocycles. The van der Waals surface area contributed by atoms with Gasteiger partial charge in [0.1, 0.15) is 5.82 Å². The first-order valence-corrected chi connectivity index (χ1v) is 9.03. The van der Waals surface area contributed by atoms with E-state index in [1.807, 2.05) is 18.2 Å². The summed E-state index contributed by atoms with van der Waals surface area (Å²) in [6.07, 6.45) is 2.63. The van der Waals surface area contributed by atoms with Crippen molar-refractivity contribution >= 4 is 29.3 Å². The predicted octanol–water partition coefficient (Wildman–Crippen LogP) is 2.22. The second kappa shape index (κ2) is 8.39. The number of hydrogen-bond acceptors (Lipinski definition) is 9. The van der Waals surface area contributed by atoms with Crippen molar-refractivity contribution in [3.8, 4) is 0 Å². The van der Waals surface area contributed by atoms with Crippen LogP contribution in [-0.4, -0.2) is 35.2 Å². The number of allylic oxidation sites excluding steroid dienone is 1. The second-order valence-corrected chi connectivity index (χ2v) is 6.23. The number of hydrogen-bond donors (Lipinski definition) is 2. The van der Waals surface area contributed by atoms with Crippen LogP contribution in [0.1, 0.15) is 18.3 Å². The number of thioether (sulfide) groups is 1. The highest BCUT2D eigenvalue weighted by Gasteiger charge is 2.10. The zero-order chi connectivity index (χ0) is 18.4. The summed E-state index contributed by atoms with van der Waals surface area (Å²) in [4.78, 5) is 12.8. The van der Waals surface area contributed by atoms with Crippen molar-refractivity contribution in [2.45, 2.75) is 30.8 Å². The standard InChI is InChI=1S/C16H19N9S/c1-3-9-25-16(22-23-24-25)26-10-13-19-14(17)21-15(20-13)18-12-8-6-5-7-11(12)4-2/h3,5-8H,1,4,9-10H2,2H3,(H3,17,18,19,20,21). The smallest absolute Gasteiger partial charge is 0.232 e. The topological polar surface area (TPSA) is 120 Å². The van der Waals surface area contributed by atoms with E-state index >= 15 is 0 Å². The highest BCUT2D eigenvalue weighted by Crippen LogP contribution is 2.22. The van der Waals surface area contributed by atoms with E-state index in [-0.39, 0.29) is 5.95 Å². The largest absolute Gasteiger partial charge is 0.368 e. The molecule has 3 N–H and O–H groups in total. The van der Waals surface area contributed by atoms with Gasteiger partial charge in [-0.1, -0.05) is 43.0 Å². The van der Waals surface area contributed by atoms with Crippen LogP contribution < -0.4 is 11.1 Å². The van der Waals surface area contributed by atoms with E-state index in [2.05, 4.69) is 55.4 Å². The summed E-state index contributed by atoms with van der Waals surface area (Å²) in [5.74, 6) is 1.60. The number of anilines is 3. The van der Waals surface area contributed by atoms with Crippen LogP contribution in [0.2, 0.25) is 0 Å². The van der Waals surface area contributed by atoms with E-state index in [1.54, 1.807) is 10.8 Å². The van der Waals surface area contributed by atoms with Gasteiger partial charge in [-0.15, -0.1) is 11.7 Å². The lowest BCUT2D eigenvalue weighted by atomic mass is 10.1. The molecular formula is C16H19N9S. The molecule has 0 atom stereocenters. The fourth-order valence-electron chi connectivity index (χ4n) is 2.30. The van der Waals surface area contributed by atoms with Crippen molar-refractivity contribution in [1.29, 1.82) is 0 Å². The Kier molecular flexibility index (Phi) is 5.74. The van der Waals surface area contributed by atoms with Crippen LogP contribution >= 0.6 is 11.8 Å². The lowest BCUT2D eigenvalue weighted by Gasteiger charge is -2.10. The van der Waals surface area contributed by atoms with Gasteiger partial charge in [0, 0.05) is 5.69 Å². The maximum absolute atomic E-state index is 5.84. The molecule has 0 radical (unpaired) electrons. The molecule has 3 aromatic rings. The van der Waals surface area contributed by atoms with Crippen LogP contribution in [0.25, 0.3) is 0 Å². The molecule has 0 aliphatic rings. The maximum atomic E-state index is 5.84. The van der Waals surface area contributed by atoms with Gasteiger partial charge in [-0.3, -0.25) is 0 Å². The number of benzene rings is 1. The van der Waals surface area contributed by atoms with Crippen LogP contribution in [0, 0.1) is 0 Å². The quantitative estimate of drug-likeness (QED) is 0.455. The highest BCUT2D eigenvalue weighted by molar-refractivity contribution is 7.98. The Hall–Kier alpha value is -3.01. The normalized spacial score (nSPS) is 10.7. The van der Waals surface area contributed by atoms with Crippen LogP contribution in [0.15, 0.2) is 42.1 Å². The first kappa shape index (κ1) is 17.8. The van der Waals surface area contributed by atoms with Gasteiger partial charge in [-0.2, -0.15) is 15.0 Å². The molecule has 0 saturated carbocycles. The Morgan fingerprint density at radius 2 is 2.12 bits per heavy atom. The minimum atomic E-state index is 0.165. The number of nitrogens with two attached hydrogens (primary N) is 1. The molecule has 0 aliphatic carbocycles. The fourth-order valence-corrected chi connectivity index (χ4v) is 3.04. The summed E-state index contributed by atoms with van der Waals surface area (Å²) < 4.78 is 1.65. The Balaban J connectivity index is 1.75. The molecule has 26 heavy (non-hydrogen) atoms. The number of nitrogens with zero attached hydrogens (tertiary/aromatic N) is 7. The molecule has 0 amide bonds. The van der Waals surface area contributed by atoms with Gasteiger partial charge in [0.05, 0.1) is 12.3 Å². The number of aromatic nitrogens is 7. The van der Waals surface area contributed by atoms with Gasteiger partial charge >= 0.3 is 0 Å². The molecule has 3 rings (SSSR count). The van der Waals surface area contributed by atoms with Crippen molar-refractivity contribution in [3.63, 3.8) is 0 Å². The number of tetrazole rings is 1. The Morgan fingerprint density at radius 3 is 2.92 bits per heavy atom. The highest BCUT2D eigenvalue weighted by atomic mass is 32.2. The summed E-state index contributed by atoms with van der Waals surface area (Å²) in [6.45, 7) is 6.32. The van der Waals surface area contributed by atoms with Crippen molar-refractivity contribution in [2.75, 3.05) is 11.1 Å². The van der Waals surface area contributed by atoms with E-state index in [1.165, 1.54) is 17.3 Å². The molecule has 0 fully saturated rings. The van der Waals surface area contributed by atoms with E-state index in [4.69, 9.17) is 5.73 Å². The molecule has 9 nitrogen and oxygen atoms in total. The lowest BCUT2D eigenvalue weighted by molar-refractivity contribution is 0.614. The minimum Gasteiger partial charge on any atom is -0.368 e. The molecule has 0 aliphatic heterocycles. The fraction of sp³-hybridized carbons (Fsp3) is 0.250. The molecule has 0 spiro atoms. The van der Waals surface area contributed by atoms with Crippen molar-refractivity contribution in [2.24, 2.45) is 0 Å². The lowest BCUT2D eigenvalue weighted by Crippen LogP contribution is -2.08. The van der Waals surface area contributed by atoms with Crippen molar-refractivity contribution in [3.05, 3.63) is 48.3 Å². The third-order valence-corrected chi connectivity index (χ3v) is 4.43. The zero-order valence-electron chi connectivity index (χ0n) is 14.3. The van der Waals surface area contributed by atoms with Gasteiger partial charge in [0.15, 0.2) is 0 Å². The van der Waals surface area contributed by atoms with Gasteiger partial charge in [0.2, 0.25) is 17.1 Å². The van der Waals surface area contributed by atoms with Crippen molar-refractivity contribution < 1.29 is 0 Å². The Bertz CT molecular complexity index is 893. The summed E-state index contributed by atoms with van der Waals surface area (Å²) in [5.41, 5.74) is 7.97. The molecule has 0 unspecified atom stereocenters. The number of nitrogen functional groups attached to an aromatic ring is 1. The number of para-hydroxylation sites is 1. The first-order chi connectivity index (χ1) is 12.7. The molecular weight excluding hydrogens is 350 g/mol. The third-order valence-electron chi connectivity index (χ3n) is 3.48. The average molecular weight is 369 g/mol. The monoisotopic (exact) mass is 369 g/mol. The summed E-state index contributed by atoms with van der Waals surface area (Å²) in [7, 11) is 0. The van der Waals surface area contributed by atoms with E-state index < -0.39 is 0 Å². The number of rotatable bonds is 8. The molecule has 134 valence electrons. The number of aryl methyl sites for hydroxylation is 1. The van der Waals surface area contributed by atoms with E-state index in [0.29, 0.717) is 29.2 Å². The van der Waals surface area contributed by atoms with Crippen LogP contribution in [0.5, 0.6) is 0 Å². The summed E-state index contributed by atoms with van der Waals surface area (Å²) in [5, 5.41) is 15.4. The molecule has 0 bridgehead atoms. The Morgan fingerprint density at radius 1 is 1.27 bits per heavy atom. The van der Waals surface area contributed by atoms with Gasteiger partial charge < -0.3 is 11.1 Å². The third kappa shape index (κ3) is 4.33. The SMILES string of the molecule is C=CCn1nnnc1SCc1nc(N)nc(Nc2ccccc2CC)n1. The maximum Gasteiger partial charge on any atom is 0.232 e. The van der Waals surface area contributed by atoms with Gasteiger partial charge in [0.25, 0.3) is 0 Å². The summed E-state index contributed by atoms with van der Waals surface area (Å²) in [6, 6.07) is 8.00. The average Bonchev–Trinajstić information content (AvgIpc) is 3.07. The number of nitrogens with one attached hydrogen (secondary N) is 1. The van der Waals surface area contributed by atoms with E-state index in [0.717, 1.165) is 12.1 Å². The predicted molar refractivity (Wildman–Crippen MR) is 101 cm³/mol. The summed E-state index contributed by atoms with van der Waals surface area (Å²) >= 11 is 1.42. The van der Waals surface area contributed by atoms with Crippen LogP contribution in [-0.2, 0) is 18.7 Å². The van der Waals surface area contributed by atoms with E-state index in [9.17, 15) is 0 Å². The van der Waals surface area contributed by atoms with Gasteiger partial charge in [-0.05, 0) is 28.5 Å². The molecule has 10 heteroatoms. The molecule has 2 heterocycles. The Labute approximate surface area is 155 Å². The zero-order valence-corrected chi connectivity index (χ0v) is 15.1. The van der Waals surface area contributed by atoms with Gasteiger partial charge in [-0.25, -0.2) is 4.68 Å². The molecule has 1 aromatic carbocycles. The van der Waals surface area contributed by atoms with Crippen LogP contribution in [0.3, 0.4) is 0 Å². The van der Waals surface area contributed by atoms with Crippen molar-refractivity contribution in [1.82, 2.24) is 35.2 Å². The van der Waals surface area contributed by atoms with Crippen LogP contribution in [0.4, 0.5) is 17.6 Å².